The number of hydrogen-bond acceptors (Lipinski definition) is 10. The van der Waals surface area contributed by atoms with Gasteiger partial charge >= 0.3 is 12.1 Å². The minimum atomic E-state index is -1.06. The third kappa shape index (κ3) is 17.3. The Morgan fingerprint density at radius 1 is 0.721 bits per heavy atom. The summed E-state index contributed by atoms with van der Waals surface area (Å²) in [7, 11) is 1.52. The summed E-state index contributed by atoms with van der Waals surface area (Å²) < 4.78 is 27.8. The first kappa shape index (κ1) is 48.4. The fourth-order valence-corrected chi connectivity index (χ4v) is 6.98. The molecule has 61 heavy (non-hydrogen) atoms. The van der Waals surface area contributed by atoms with Crippen molar-refractivity contribution in [2.45, 2.75) is 90.1 Å². The number of morpholine rings is 1. The topological polar surface area (TPSA) is 171 Å². The second kappa shape index (κ2) is 24.8. The average molecular weight is 845 g/mol. The summed E-state index contributed by atoms with van der Waals surface area (Å²) >= 11 is 0. The van der Waals surface area contributed by atoms with E-state index in [-0.39, 0.29) is 57.3 Å². The summed E-state index contributed by atoms with van der Waals surface area (Å²) in [5.41, 5.74) is 1.73. The molecule has 4 rings (SSSR count). The third-order valence-electron chi connectivity index (χ3n) is 10.1. The number of alkyl carbamates (subject to hydrolysis) is 1. The first-order chi connectivity index (χ1) is 29.2. The van der Waals surface area contributed by atoms with Gasteiger partial charge in [-0.1, -0.05) is 105 Å². The summed E-state index contributed by atoms with van der Waals surface area (Å²) in [5.74, 6) is -3.14. The standard InChI is InChI=1S/C47H64N4O10/c1-33(2)42(44(54)48-39(30-36-20-14-9-15-21-36)45(55)51-22-24-58-25-23-51)50-43(53)37(28-34-16-10-7-11-17-34)31-40(60-41(52)32-59-27-26-57-6)38(29-35-18-12-8-13-19-35)49-46(56)61-47(3,4)5/h7-21,33,37-40,42H,22-32H2,1-6H3,(H,48,54)(H,49,56)(H,50,53)/t37-,38+,39+,40+,42+/m1/s1. The van der Waals surface area contributed by atoms with Crippen LogP contribution < -0.4 is 16.0 Å². The van der Waals surface area contributed by atoms with Crippen LogP contribution in [0, 0.1) is 11.8 Å². The van der Waals surface area contributed by atoms with Crippen molar-refractivity contribution in [3.8, 4) is 0 Å². The number of hydrogen-bond donors (Lipinski definition) is 3. The molecule has 0 unspecified atom stereocenters. The Kier molecular flexibility index (Phi) is 19.7. The van der Waals surface area contributed by atoms with Crippen molar-refractivity contribution in [2.75, 3.05) is 53.2 Å². The zero-order valence-corrected chi connectivity index (χ0v) is 36.4. The molecule has 14 heteroatoms. The van der Waals surface area contributed by atoms with Gasteiger partial charge in [-0.05, 0) is 62.6 Å². The van der Waals surface area contributed by atoms with Crippen molar-refractivity contribution in [1.82, 2.24) is 20.9 Å². The lowest BCUT2D eigenvalue weighted by Gasteiger charge is -2.33. The van der Waals surface area contributed by atoms with Crippen molar-refractivity contribution >= 4 is 29.8 Å². The van der Waals surface area contributed by atoms with Crippen LogP contribution in [0.3, 0.4) is 0 Å². The van der Waals surface area contributed by atoms with Crippen molar-refractivity contribution in [1.29, 1.82) is 0 Å². The molecule has 0 bridgehead atoms. The van der Waals surface area contributed by atoms with Crippen LogP contribution in [0.4, 0.5) is 4.79 Å². The lowest BCUT2D eigenvalue weighted by Crippen LogP contribution is -2.58. The molecule has 4 amide bonds. The van der Waals surface area contributed by atoms with Crippen LogP contribution in [0.25, 0.3) is 0 Å². The quantitative estimate of drug-likeness (QED) is 0.0955. The van der Waals surface area contributed by atoms with E-state index in [0.29, 0.717) is 26.3 Å². The summed E-state index contributed by atoms with van der Waals surface area (Å²) in [5, 5.41) is 8.91. The molecule has 0 spiro atoms. The minimum absolute atomic E-state index is 0.0452. The molecule has 0 aromatic heterocycles. The minimum Gasteiger partial charge on any atom is -0.458 e. The van der Waals surface area contributed by atoms with E-state index in [0.717, 1.165) is 16.7 Å². The van der Waals surface area contributed by atoms with Crippen LogP contribution in [-0.2, 0) is 62.1 Å². The summed E-state index contributed by atoms with van der Waals surface area (Å²) in [6.07, 6.45) is -1.11. The molecular formula is C47H64N4O10. The molecule has 3 aromatic carbocycles. The molecular weight excluding hydrogens is 781 g/mol. The van der Waals surface area contributed by atoms with E-state index in [1.807, 2.05) is 105 Å². The van der Waals surface area contributed by atoms with E-state index in [2.05, 4.69) is 16.0 Å². The summed E-state index contributed by atoms with van der Waals surface area (Å²) in [6, 6.07) is 25.5. The Labute approximate surface area is 360 Å². The largest absolute Gasteiger partial charge is 0.458 e. The van der Waals surface area contributed by atoms with Gasteiger partial charge in [-0.25, -0.2) is 9.59 Å². The molecule has 3 N–H and O–H groups in total. The first-order valence-electron chi connectivity index (χ1n) is 21.1. The zero-order valence-electron chi connectivity index (χ0n) is 36.4. The van der Waals surface area contributed by atoms with Crippen LogP contribution >= 0.6 is 0 Å². The predicted molar refractivity (Wildman–Crippen MR) is 230 cm³/mol. The number of carbonyl (C=O) groups excluding carboxylic acids is 5. The molecule has 5 atom stereocenters. The molecule has 332 valence electrons. The van der Waals surface area contributed by atoms with Crippen LogP contribution in [0.15, 0.2) is 91.0 Å². The second-order valence-corrected chi connectivity index (χ2v) is 16.6. The number of esters is 1. The highest BCUT2D eigenvalue weighted by atomic mass is 16.6. The normalized spacial score (nSPS) is 15.4. The lowest BCUT2D eigenvalue weighted by atomic mass is 9.88. The second-order valence-electron chi connectivity index (χ2n) is 16.6. The van der Waals surface area contributed by atoms with E-state index < -0.39 is 59.6 Å². The zero-order chi connectivity index (χ0) is 44.2. The number of nitrogens with zero attached hydrogens (tertiary/aromatic N) is 1. The number of ether oxygens (including phenoxy) is 5. The van der Waals surface area contributed by atoms with Crippen LogP contribution in [0.1, 0.15) is 57.7 Å². The van der Waals surface area contributed by atoms with Gasteiger partial charge in [0.15, 0.2) is 0 Å². The Bertz CT molecular complexity index is 1800. The maximum absolute atomic E-state index is 14.7. The van der Waals surface area contributed by atoms with Gasteiger partial charge in [-0.3, -0.25) is 14.4 Å². The predicted octanol–water partition coefficient (Wildman–Crippen LogP) is 4.67. The SMILES string of the molecule is COCCOCC(=O)O[C@@H](C[C@@H](Cc1ccccc1)C(=O)N[C@H](C(=O)N[C@@H](Cc1ccccc1)C(=O)N1CCOCC1)C(C)C)[C@H](Cc1ccccc1)NC(=O)OC(C)(C)C. The van der Waals surface area contributed by atoms with Crippen LogP contribution in [0.5, 0.6) is 0 Å². The highest BCUT2D eigenvalue weighted by Gasteiger charge is 2.37. The highest BCUT2D eigenvalue weighted by molar-refractivity contribution is 5.93. The summed E-state index contributed by atoms with van der Waals surface area (Å²) in [6.45, 7) is 10.5. The van der Waals surface area contributed by atoms with Gasteiger partial charge in [0, 0.05) is 32.5 Å². The van der Waals surface area contributed by atoms with Gasteiger partial charge in [0.1, 0.15) is 30.4 Å². The average Bonchev–Trinajstić information content (AvgIpc) is 3.23. The number of nitrogens with one attached hydrogen (secondary N) is 3. The van der Waals surface area contributed by atoms with Gasteiger partial charge in [0.25, 0.3) is 0 Å². The Balaban J connectivity index is 1.66. The third-order valence-corrected chi connectivity index (χ3v) is 10.1. The molecule has 1 aliphatic rings. The van der Waals surface area contributed by atoms with Gasteiger partial charge in [0.2, 0.25) is 17.7 Å². The van der Waals surface area contributed by atoms with E-state index in [4.69, 9.17) is 23.7 Å². The van der Waals surface area contributed by atoms with Crippen LogP contribution in [-0.4, -0.2) is 118 Å². The molecule has 14 nitrogen and oxygen atoms in total. The maximum Gasteiger partial charge on any atom is 0.408 e. The molecule has 0 saturated carbocycles. The lowest BCUT2D eigenvalue weighted by molar-refractivity contribution is -0.158. The molecule has 1 aliphatic heterocycles. The fourth-order valence-electron chi connectivity index (χ4n) is 6.98. The fraction of sp³-hybridized carbons (Fsp3) is 0.511. The molecule has 1 fully saturated rings. The Morgan fingerprint density at radius 2 is 1.28 bits per heavy atom. The number of methoxy groups -OCH3 is 1. The van der Waals surface area contributed by atoms with Crippen LogP contribution in [0.2, 0.25) is 0 Å². The number of rotatable bonds is 22. The molecule has 0 radical (unpaired) electrons. The highest BCUT2D eigenvalue weighted by Crippen LogP contribution is 2.23. The molecule has 3 aromatic rings. The molecule has 1 heterocycles. The number of benzene rings is 3. The monoisotopic (exact) mass is 844 g/mol. The Morgan fingerprint density at radius 3 is 1.82 bits per heavy atom. The summed E-state index contributed by atoms with van der Waals surface area (Å²) in [4.78, 5) is 71.4. The van der Waals surface area contributed by atoms with Crippen molar-refractivity contribution in [3.63, 3.8) is 0 Å². The number of carbonyl (C=O) groups is 5. The van der Waals surface area contributed by atoms with Gasteiger partial charge in [-0.15, -0.1) is 0 Å². The molecule has 0 aliphatic carbocycles. The van der Waals surface area contributed by atoms with E-state index in [1.165, 1.54) is 7.11 Å². The van der Waals surface area contributed by atoms with E-state index in [1.54, 1.807) is 25.7 Å². The van der Waals surface area contributed by atoms with E-state index >= 15 is 0 Å². The van der Waals surface area contributed by atoms with Gasteiger partial charge < -0.3 is 44.5 Å². The van der Waals surface area contributed by atoms with Crippen molar-refractivity contribution in [2.24, 2.45) is 11.8 Å². The van der Waals surface area contributed by atoms with Crippen molar-refractivity contribution < 1.29 is 47.7 Å². The van der Waals surface area contributed by atoms with Gasteiger partial charge in [0.05, 0.1) is 32.5 Å². The van der Waals surface area contributed by atoms with Crippen molar-refractivity contribution in [3.05, 3.63) is 108 Å². The maximum atomic E-state index is 14.7. The molecule has 1 saturated heterocycles. The first-order valence-corrected chi connectivity index (χ1v) is 21.1. The van der Waals surface area contributed by atoms with Gasteiger partial charge in [-0.2, -0.15) is 0 Å². The smallest absolute Gasteiger partial charge is 0.408 e. The van der Waals surface area contributed by atoms with E-state index in [9.17, 15) is 24.0 Å². The number of amides is 4. The Hall–Kier alpha value is -5.31.